The lowest BCUT2D eigenvalue weighted by atomic mass is 10.1. The van der Waals surface area contributed by atoms with Crippen LogP contribution >= 0.6 is 12.4 Å². The molecule has 2 heterocycles. The molecule has 0 bridgehead atoms. The molecular weight excluding hydrogens is 298 g/mol. The molecule has 1 aliphatic rings. The van der Waals surface area contributed by atoms with Crippen molar-refractivity contribution in [2.45, 2.75) is 18.9 Å². The predicted molar refractivity (Wildman–Crippen MR) is 92.8 cm³/mol. The molecule has 118 valence electrons. The largest absolute Gasteiger partial charge is 0.467 e. The van der Waals surface area contributed by atoms with E-state index in [1.807, 2.05) is 30.3 Å². The molecule has 0 N–H and O–H groups in total. The average molecular weight is 320 g/mol. The molecule has 0 saturated heterocycles. The zero-order valence-electron chi connectivity index (χ0n) is 13.0. The first-order valence-electron chi connectivity index (χ1n) is 7.33. The van der Waals surface area contributed by atoms with Gasteiger partial charge in [0.25, 0.3) is 0 Å². The Hall–Kier alpha value is -1.78. The van der Waals surface area contributed by atoms with Crippen LogP contribution in [0, 0.1) is 0 Å². The Kier molecular flexibility index (Phi) is 5.63. The van der Waals surface area contributed by atoms with Crippen molar-refractivity contribution in [3.8, 4) is 0 Å². The second-order valence-corrected chi connectivity index (χ2v) is 5.63. The first-order valence-corrected chi connectivity index (χ1v) is 7.33. The lowest BCUT2D eigenvalue weighted by molar-refractivity contribution is 0.420. The fraction of sp³-hybridized carbons (Fsp3) is 0.353. The van der Waals surface area contributed by atoms with Crippen LogP contribution < -0.4 is 5.01 Å². The van der Waals surface area contributed by atoms with Gasteiger partial charge in [-0.15, -0.1) is 12.4 Å². The van der Waals surface area contributed by atoms with Gasteiger partial charge in [-0.3, -0.25) is 5.01 Å². The molecule has 5 heteroatoms. The molecule has 1 aromatic heterocycles. The average Bonchev–Trinajstić information content (AvgIpc) is 3.15. The molecule has 22 heavy (non-hydrogen) atoms. The molecule has 0 aliphatic carbocycles. The summed E-state index contributed by atoms with van der Waals surface area (Å²) in [6.07, 6.45) is 3.65. The fourth-order valence-electron chi connectivity index (χ4n) is 2.60. The highest BCUT2D eigenvalue weighted by Gasteiger charge is 2.30. The Bertz CT molecular complexity index is 596. The van der Waals surface area contributed by atoms with Gasteiger partial charge in [0.05, 0.1) is 12.0 Å². The van der Waals surface area contributed by atoms with E-state index in [1.165, 1.54) is 5.71 Å². The van der Waals surface area contributed by atoms with Crippen molar-refractivity contribution in [2.75, 3.05) is 25.6 Å². The maximum Gasteiger partial charge on any atom is 0.128 e. The molecule has 0 amide bonds. The highest BCUT2D eigenvalue weighted by molar-refractivity contribution is 5.89. The topological polar surface area (TPSA) is 32.0 Å². The highest BCUT2D eigenvalue weighted by atomic mass is 35.5. The van der Waals surface area contributed by atoms with E-state index in [-0.39, 0.29) is 18.4 Å². The second-order valence-electron chi connectivity index (χ2n) is 5.63. The van der Waals surface area contributed by atoms with Gasteiger partial charge in [0.15, 0.2) is 0 Å². The zero-order valence-corrected chi connectivity index (χ0v) is 13.8. The normalized spacial score (nSPS) is 17.5. The molecule has 0 saturated carbocycles. The van der Waals surface area contributed by atoms with E-state index in [4.69, 9.17) is 9.52 Å². The number of hydrogen-bond donors (Lipinski definition) is 0. The highest BCUT2D eigenvalue weighted by Crippen LogP contribution is 2.35. The Labute approximate surface area is 137 Å². The van der Waals surface area contributed by atoms with Crippen molar-refractivity contribution < 1.29 is 4.42 Å². The maximum absolute atomic E-state index is 5.62. The number of furan rings is 1. The van der Waals surface area contributed by atoms with Gasteiger partial charge in [0, 0.05) is 25.1 Å². The molecule has 4 nitrogen and oxygen atoms in total. The summed E-state index contributed by atoms with van der Waals surface area (Å²) in [4.78, 5) is 2.19. The first kappa shape index (κ1) is 16.6. The van der Waals surface area contributed by atoms with E-state index < -0.39 is 0 Å². The van der Waals surface area contributed by atoms with Crippen molar-refractivity contribution in [3.05, 3.63) is 54.5 Å². The number of hydrogen-bond acceptors (Lipinski definition) is 4. The number of nitrogens with zero attached hydrogens (tertiary/aromatic N) is 3. The fourth-order valence-corrected chi connectivity index (χ4v) is 2.60. The summed E-state index contributed by atoms with van der Waals surface area (Å²) in [7, 11) is 4.18. The molecule has 0 radical (unpaired) electrons. The third-order valence-electron chi connectivity index (χ3n) is 3.71. The van der Waals surface area contributed by atoms with Crippen molar-refractivity contribution >= 4 is 23.8 Å². The van der Waals surface area contributed by atoms with Crippen molar-refractivity contribution in [1.82, 2.24) is 4.90 Å². The third-order valence-corrected chi connectivity index (χ3v) is 3.71. The summed E-state index contributed by atoms with van der Waals surface area (Å²) in [6, 6.07) is 14.4. The van der Waals surface area contributed by atoms with Crippen LogP contribution in [0.1, 0.15) is 24.6 Å². The summed E-state index contributed by atoms with van der Waals surface area (Å²) in [6.45, 7) is 1.02. The van der Waals surface area contributed by atoms with Gasteiger partial charge in [0.2, 0.25) is 0 Å². The molecule has 1 aromatic carbocycles. The van der Waals surface area contributed by atoms with Crippen LogP contribution in [0.4, 0.5) is 5.69 Å². The third kappa shape index (κ3) is 3.70. The molecule has 1 atom stereocenters. The van der Waals surface area contributed by atoms with Crippen molar-refractivity contribution in [2.24, 2.45) is 5.10 Å². The molecule has 0 fully saturated rings. The van der Waals surface area contributed by atoms with E-state index in [9.17, 15) is 0 Å². The van der Waals surface area contributed by atoms with Gasteiger partial charge >= 0.3 is 0 Å². The van der Waals surface area contributed by atoms with Crippen molar-refractivity contribution in [1.29, 1.82) is 0 Å². The molecule has 1 unspecified atom stereocenters. The van der Waals surface area contributed by atoms with Crippen LogP contribution in [0.3, 0.4) is 0 Å². The Morgan fingerprint density at radius 3 is 2.59 bits per heavy atom. The number of benzene rings is 1. The van der Waals surface area contributed by atoms with E-state index in [2.05, 4.69) is 36.1 Å². The van der Waals surface area contributed by atoms with Crippen LogP contribution in [0.5, 0.6) is 0 Å². The number of halogens is 1. The number of rotatable bonds is 5. The second kappa shape index (κ2) is 7.47. The summed E-state index contributed by atoms with van der Waals surface area (Å²) >= 11 is 0. The van der Waals surface area contributed by atoms with Crippen LogP contribution in [0.15, 0.2) is 58.2 Å². The van der Waals surface area contributed by atoms with Gasteiger partial charge in [0.1, 0.15) is 11.8 Å². The molecule has 2 aromatic rings. The van der Waals surface area contributed by atoms with Crippen LogP contribution in [-0.2, 0) is 0 Å². The van der Waals surface area contributed by atoms with E-state index in [0.717, 1.165) is 30.8 Å². The van der Waals surface area contributed by atoms with Gasteiger partial charge in [-0.05, 0) is 38.4 Å². The van der Waals surface area contributed by atoms with E-state index in [0.29, 0.717) is 0 Å². The Balaban J connectivity index is 0.00000176. The monoisotopic (exact) mass is 319 g/mol. The number of hydrazone groups is 1. The lowest BCUT2D eigenvalue weighted by Crippen LogP contribution is -2.18. The molecule has 3 rings (SSSR count). The molecular formula is C17H22ClN3O. The summed E-state index contributed by atoms with van der Waals surface area (Å²) in [5.41, 5.74) is 2.34. The molecule has 1 aliphatic heterocycles. The molecule has 0 spiro atoms. The number of anilines is 1. The summed E-state index contributed by atoms with van der Waals surface area (Å²) < 4.78 is 5.62. The van der Waals surface area contributed by atoms with Gasteiger partial charge in [-0.1, -0.05) is 18.2 Å². The van der Waals surface area contributed by atoms with Crippen molar-refractivity contribution in [3.63, 3.8) is 0 Å². The predicted octanol–water partition coefficient (Wildman–Crippen LogP) is 3.96. The van der Waals surface area contributed by atoms with Gasteiger partial charge < -0.3 is 9.32 Å². The first-order chi connectivity index (χ1) is 10.2. The summed E-state index contributed by atoms with van der Waals surface area (Å²) in [5.74, 6) is 0.974. The summed E-state index contributed by atoms with van der Waals surface area (Å²) in [5, 5.41) is 6.92. The maximum atomic E-state index is 5.62. The quantitative estimate of drug-likeness (QED) is 0.836. The Morgan fingerprint density at radius 1 is 1.18 bits per heavy atom. The van der Waals surface area contributed by atoms with Crippen LogP contribution in [0.25, 0.3) is 0 Å². The lowest BCUT2D eigenvalue weighted by Gasteiger charge is -2.21. The van der Waals surface area contributed by atoms with Gasteiger partial charge in [-0.2, -0.15) is 5.10 Å². The Morgan fingerprint density at radius 2 is 1.95 bits per heavy atom. The van der Waals surface area contributed by atoms with Crippen LogP contribution in [0.2, 0.25) is 0 Å². The minimum absolute atomic E-state index is 0. The minimum atomic E-state index is 0. The standard InChI is InChI=1S/C17H21N3O.ClH/c1-19(2)11-10-14-13-16(17-9-6-12-21-17)20(18-14)15-7-4-3-5-8-15;/h3-9,12,16H,10-11,13H2,1-2H3;1H. The minimum Gasteiger partial charge on any atom is -0.467 e. The zero-order chi connectivity index (χ0) is 14.7. The van der Waals surface area contributed by atoms with Crippen LogP contribution in [-0.4, -0.2) is 31.3 Å². The van der Waals surface area contributed by atoms with E-state index in [1.54, 1.807) is 6.26 Å². The number of para-hydroxylation sites is 1. The SMILES string of the molecule is CN(C)CCC1=NN(c2ccccc2)C(c2ccco2)C1.Cl. The smallest absolute Gasteiger partial charge is 0.128 e. The van der Waals surface area contributed by atoms with Gasteiger partial charge in [-0.25, -0.2) is 0 Å². The van der Waals surface area contributed by atoms with E-state index >= 15 is 0 Å².